The van der Waals surface area contributed by atoms with Crippen molar-refractivity contribution in [3.05, 3.63) is 53.6 Å². The van der Waals surface area contributed by atoms with E-state index in [-0.39, 0.29) is 12.5 Å². The van der Waals surface area contributed by atoms with Crippen LogP contribution in [0.25, 0.3) is 0 Å². The average Bonchev–Trinajstić information content (AvgIpc) is 2.75. The van der Waals surface area contributed by atoms with Crippen molar-refractivity contribution in [1.29, 1.82) is 0 Å². The SMILES string of the molecule is CCNC(=NCc1ccc(OC)c(OC)c1)NCC(=O)Nc1cccc(CC)c1. The van der Waals surface area contributed by atoms with Gasteiger partial charge in [0.15, 0.2) is 17.5 Å². The molecule has 2 rings (SSSR count). The van der Waals surface area contributed by atoms with Gasteiger partial charge in [0.25, 0.3) is 0 Å². The molecule has 2 aromatic carbocycles. The number of nitrogens with one attached hydrogen (secondary N) is 3. The number of carbonyl (C=O) groups excluding carboxylic acids is 1. The number of aryl methyl sites for hydroxylation is 1. The van der Waals surface area contributed by atoms with Crippen LogP contribution in [0.1, 0.15) is 25.0 Å². The molecule has 0 unspecified atom stereocenters. The number of methoxy groups -OCH3 is 2. The third-order valence-corrected chi connectivity index (χ3v) is 4.25. The molecule has 0 aliphatic heterocycles. The van der Waals surface area contributed by atoms with Gasteiger partial charge in [0.2, 0.25) is 5.91 Å². The second-order valence-electron chi connectivity index (χ2n) is 6.34. The highest BCUT2D eigenvalue weighted by Gasteiger charge is 2.07. The molecule has 0 spiro atoms. The van der Waals surface area contributed by atoms with E-state index >= 15 is 0 Å². The molecule has 29 heavy (non-hydrogen) atoms. The van der Waals surface area contributed by atoms with Crippen molar-refractivity contribution in [1.82, 2.24) is 10.6 Å². The van der Waals surface area contributed by atoms with Gasteiger partial charge in [0.1, 0.15) is 0 Å². The van der Waals surface area contributed by atoms with Crippen LogP contribution in [-0.2, 0) is 17.8 Å². The minimum Gasteiger partial charge on any atom is -0.493 e. The van der Waals surface area contributed by atoms with Crippen LogP contribution in [0.3, 0.4) is 0 Å². The Balaban J connectivity index is 1.95. The van der Waals surface area contributed by atoms with E-state index in [9.17, 15) is 4.79 Å². The normalized spacial score (nSPS) is 11.0. The molecule has 0 heterocycles. The quantitative estimate of drug-likeness (QED) is 0.447. The summed E-state index contributed by atoms with van der Waals surface area (Å²) in [5.41, 5.74) is 2.95. The van der Waals surface area contributed by atoms with Crippen molar-refractivity contribution in [2.75, 3.05) is 32.6 Å². The van der Waals surface area contributed by atoms with E-state index in [0.717, 1.165) is 17.7 Å². The Kier molecular flexibility index (Phi) is 8.82. The number of rotatable bonds is 9. The van der Waals surface area contributed by atoms with Gasteiger partial charge in [-0.25, -0.2) is 4.99 Å². The molecule has 0 bridgehead atoms. The number of amides is 1. The second-order valence-corrected chi connectivity index (χ2v) is 6.34. The lowest BCUT2D eigenvalue weighted by Gasteiger charge is -2.12. The molecule has 0 aliphatic rings. The summed E-state index contributed by atoms with van der Waals surface area (Å²) in [6.07, 6.45) is 0.926. The fourth-order valence-electron chi connectivity index (χ4n) is 2.73. The third kappa shape index (κ3) is 7.03. The summed E-state index contributed by atoms with van der Waals surface area (Å²) in [4.78, 5) is 16.8. The lowest BCUT2D eigenvalue weighted by Crippen LogP contribution is -2.41. The van der Waals surface area contributed by atoms with E-state index in [1.807, 2.05) is 49.4 Å². The number of hydrogen-bond donors (Lipinski definition) is 3. The maximum absolute atomic E-state index is 12.3. The molecule has 0 aromatic heterocycles. The Morgan fingerprint density at radius 3 is 2.45 bits per heavy atom. The molecular formula is C22H30N4O3. The van der Waals surface area contributed by atoms with Crippen LogP contribution in [0.4, 0.5) is 5.69 Å². The Labute approximate surface area is 172 Å². The number of nitrogens with zero attached hydrogens (tertiary/aromatic N) is 1. The molecule has 0 saturated heterocycles. The van der Waals surface area contributed by atoms with E-state index in [1.165, 1.54) is 5.56 Å². The van der Waals surface area contributed by atoms with Gasteiger partial charge in [0.05, 0.1) is 27.3 Å². The zero-order chi connectivity index (χ0) is 21.1. The fraction of sp³-hybridized carbons (Fsp3) is 0.364. The molecule has 2 aromatic rings. The van der Waals surface area contributed by atoms with Crippen LogP contribution in [0.2, 0.25) is 0 Å². The molecule has 7 nitrogen and oxygen atoms in total. The summed E-state index contributed by atoms with van der Waals surface area (Å²) in [5.74, 6) is 1.77. The molecule has 0 radical (unpaired) electrons. The van der Waals surface area contributed by atoms with Crippen LogP contribution in [0.5, 0.6) is 11.5 Å². The number of ether oxygens (including phenoxy) is 2. The number of guanidine groups is 1. The molecule has 7 heteroatoms. The number of hydrogen-bond acceptors (Lipinski definition) is 4. The van der Waals surface area contributed by atoms with Crippen molar-refractivity contribution in [2.24, 2.45) is 4.99 Å². The van der Waals surface area contributed by atoms with Crippen molar-refractivity contribution in [3.63, 3.8) is 0 Å². The number of aliphatic imine (C=N–C) groups is 1. The van der Waals surface area contributed by atoms with Gasteiger partial charge in [0, 0.05) is 12.2 Å². The van der Waals surface area contributed by atoms with E-state index in [1.54, 1.807) is 14.2 Å². The largest absolute Gasteiger partial charge is 0.493 e. The van der Waals surface area contributed by atoms with Gasteiger partial charge in [-0.1, -0.05) is 25.1 Å². The maximum Gasteiger partial charge on any atom is 0.243 e. The Morgan fingerprint density at radius 1 is 0.966 bits per heavy atom. The predicted molar refractivity (Wildman–Crippen MR) is 117 cm³/mol. The molecule has 0 saturated carbocycles. The average molecular weight is 399 g/mol. The summed E-state index contributed by atoms with van der Waals surface area (Å²) in [7, 11) is 3.21. The summed E-state index contributed by atoms with van der Waals surface area (Å²) < 4.78 is 10.6. The molecular weight excluding hydrogens is 368 g/mol. The summed E-state index contributed by atoms with van der Waals surface area (Å²) in [5, 5.41) is 9.11. The van der Waals surface area contributed by atoms with E-state index in [0.29, 0.717) is 30.5 Å². The van der Waals surface area contributed by atoms with Crippen LogP contribution in [0.15, 0.2) is 47.5 Å². The second kappa shape index (κ2) is 11.6. The smallest absolute Gasteiger partial charge is 0.243 e. The molecule has 3 N–H and O–H groups in total. The number of benzene rings is 2. The van der Waals surface area contributed by atoms with Gasteiger partial charge in [-0.3, -0.25) is 4.79 Å². The minimum atomic E-state index is -0.130. The van der Waals surface area contributed by atoms with Gasteiger partial charge >= 0.3 is 0 Å². The highest BCUT2D eigenvalue weighted by Crippen LogP contribution is 2.27. The Hall–Kier alpha value is -3.22. The number of carbonyl (C=O) groups is 1. The third-order valence-electron chi connectivity index (χ3n) is 4.25. The topological polar surface area (TPSA) is 84.0 Å². The summed E-state index contributed by atoms with van der Waals surface area (Å²) >= 11 is 0. The first-order valence-corrected chi connectivity index (χ1v) is 9.71. The highest BCUT2D eigenvalue weighted by molar-refractivity contribution is 5.95. The first-order valence-electron chi connectivity index (χ1n) is 9.71. The summed E-state index contributed by atoms with van der Waals surface area (Å²) in [6, 6.07) is 13.5. The van der Waals surface area contributed by atoms with Crippen LogP contribution < -0.4 is 25.4 Å². The minimum absolute atomic E-state index is 0.119. The van der Waals surface area contributed by atoms with Gasteiger partial charge < -0.3 is 25.4 Å². The number of anilines is 1. The van der Waals surface area contributed by atoms with E-state index in [2.05, 4.69) is 27.9 Å². The fourth-order valence-corrected chi connectivity index (χ4v) is 2.73. The molecule has 1 amide bonds. The zero-order valence-corrected chi connectivity index (χ0v) is 17.5. The summed E-state index contributed by atoms with van der Waals surface area (Å²) in [6.45, 7) is 5.31. The van der Waals surface area contributed by atoms with Crippen molar-refractivity contribution >= 4 is 17.6 Å². The van der Waals surface area contributed by atoms with Crippen LogP contribution >= 0.6 is 0 Å². The van der Waals surface area contributed by atoms with Crippen LogP contribution in [-0.4, -0.2) is 39.2 Å². The highest BCUT2D eigenvalue weighted by atomic mass is 16.5. The standard InChI is InChI=1S/C22H30N4O3/c1-5-16-8-7-9-18(12-16)26-21(27)15-25-22(23-6-2)24-14-17-10-11-19(28-3)20(13-17)29-4/h7-13H,5-6,14-15H2,1-4H3,(H,26,27)(H2,23,24,25). The van der Waals surface area contributed by atoms with Crippen molar-refractivity contribution in [3.8, 4) is 11.5 Å². The monoisotopic (exact) mass is 398 g/mol. The maximum atomic E-state index is 12.3. The van der Waals surface area contributed by atoms with Gasteiger partial charge in [-0.05, 0) is 48.7 Å². The van der Waals surface area contributed by atoms with E-state index in [4.69, 9.17) is 9.47 Å². The lowest BCUT2D eigenvalue weighted by atomic mass is 10.1. The van der Waals surface area contributed by atoms with Gasteiger partial charge in [-0.15, -0.1) is 0 Å². The molecule has 0 atom stereocenters. The first-order chi connectivity index (χ1) is 14.1. The van der Waals surface area contributed by atoms with Crippen molar-refractivity contribution in [2.45, 2.75) is 26.8 Å². The lowest BCUT2D eigenvalue weighted by molar-refractivity contribution is -0.115. The molecule has 0 fully saturated rings. The Morgan fingerprint density at radius 2 is 1.76 bits per heavy atom. The molecule has 0 aliphatic carbocycles. The zero-order valence-electron chi connectivity index (χ0n) is 17.5. The van der Waals surface area contributed by atoms with Crippen molar-refractivity contribution < 1.29 is 14.3 Å². The molecule has 156 valence electrons. The van der Waals surface area contributed by atoms with Gasteiger partial charge in [-0.2, -0.15) is 0 Å². The van der Waals surface area contributed by atoms with Crippen LogP contribution in [0, 0.1) is 0 Å². The predicted octanol–water partition coefficient (Wildman–Crippen LogP) is 2.96. The Bertz CT molecular complexity index is 837. The van der Waals surface area contributed by atoms with E-state index < -0.39 is 0 Å². The first kappa shape index (κ1) is 22.1.